The molecule has 0 radical (unpaired) electrons. The van der Waals surface area contributed by atoms with E-state index in [9.17, 15) is 31.1 Å². The molecule has 1 aliphatic rings. The summed E-state index contributed by atoms with van der Waals surface area (Å²) < 4.78 is 76.8. The zero-order valence-electron chi connectivity index (χ0n) is 9.53. The Hall–Kier alpha value is -1.47. The Labute approximate surface area is 104 Å². The number of nitrogens with zero attached hydrogens (tertiary/aromatic N) is 1. The summed E-state index contributed by atoms with van der Waals surface area (Å²) in [6.45, 7) is 0.198. The number of carbonyl (C=O) groups excluding carboxylic acids is 1. The second kappa shape index (κ2) is 4.28. The average molecular weight is 285 g/mol. The van der Waals surface area contributed by atoms with Crippen molar-refractivity contribution in [1.29, 1.82) is 0 Å². The molecule has 8 heteroatoms. The first-order valence-corrected chi connectivity index (χ1v) is 5.53. The monoisotopic (exact) mass is 285 g/mol. The van der Waals surface area contributed by atoms with Crippen LogP contribution in [0.3, 0.4) is 0 Å². The minimum absolute atomic E-state index is 0.0278. The molecule has 0 aromatic carbocycles. The third-order valence-electron chi connectivity index (χ3n) is 3.04. The highest BCUT2D eigenvalue weighted by Crippen LogP contribution is 2.40. The highest BCUT2D eigenvalue weighted by Gasteiger charge is 2.47. The molecule has 1 aromatic heterocycles. The Morgan fingerprint density at radius 1 is 1.11 bits per heavy atom. The maximum absolute atomic E-state index is 12.9. The van der Waals surface area contributed by atoms with Crippen LogP contribution in [0.4, 0.5) is 26.3 Å². The molecule has 2 nitrogen and oxygen atoms in total. The van der Waals surface area contributed by atoms with Crippen LogP contribution in [0.15, 0.2) is 6.20 Å². The molecule has 106 valence electrons. The highest BCUT2D eigenvalue weighted by atomic mass is 19.4. The van der Waals surface area contributed by atoms with Crippen molar-refractivity contribution in [2.45, 2.75) is 38.2 Å². The summed E-state index contributed by atoms with van der Waals surface area (Å²) in [6.07, 6.45) is -8.52. The molecule has 0 fully saturated rings. The number of fused-ring (bicyclic) bond motifs is 1. The smallest absolute Gasteiger partial charge is 0.350 e. The van der Waals surface area contributed by atoms with Gasteiger partial charge >= 0.3 is 12.4 Å². The van der Waals surface area contributed by atoms with Crippen LogP contribution < -0.4 is 0 Å². The van der Waals surface area contributed by atoms with Gasteiger partial charge in [0, 0.05) is 18.4 Å². The first-order valence-electron chi connectivity index (χ1n) is 5.53. The third kappa shape index (κ3) is 2.48. The van der Waals surface area contributed by atoms with Crippen LogP contribution in [-0.2, 0) is 19.1 Å². The Morgan fingerprint density at radius 2 is 1.74 bits per heavy atom. The van der Waals surface area contributed by atoms with E-state index in [1.165, 1.54) is 0 Å². The number of Topliss-reactive ketones (excluding diaryl/α,β-unsaturated/α-hetero) is 1. The highest BCUT2D eigenvalue weighted by molar-refractivity contribution is 6.02. The number of hydrogen-bond acceptors (Lipinski definition) is 1. The fourth-order valence-corrected chi connectivity index (χ4v) is 2.28. The van der Waals surface area contributed by atoms with E-state index in [1.54, 1.807) is 0 Å². The number of halogens is 6. The van der Waals surface area contributed by atoms with Crippen molar-refractivity contribution in [3.05, 3.63) is 23.0 Å². The summed E-state index contributed by atoms with van der Waals surface area (Å²) in [5.74, 6) is -2.44. The molecule has 1 aromatic rings. The first-order chi connectivity index (χ1) is 8.62. The largest absolute Gasteiger partial charge is 0.454 e. The van der Waals surface area contributed by atoms with Crippen LogP contribution in [0.2, 0.25) is 0 Å². The second-order valence-corrected chi connectivity index (χ2v) is 4.34. The molecular formula is C11H9F6NO. The molecule has 0 unspecified atom stereocenters. The van der Waals surface area contributed by atoms with E-state index in [0.29, 0.717) is 19.0 Å². The van der Waals surface area contributed by atoms with Gasteiger partial charge in [0.2, 0.25) is 0 Å². The molecule has 0 atom stereocenters. The van der Waals surface area contributed by atoms with Crippen LogP contribution in [0.25, 0.3) is 0 Å². The van der Waals surface area contributed by atoms with E-state index < -0.39 is 29.3 Å². The summed E-state index contributed by atoms with van der Waals surface area (Å²) in [5.41, 5.74) is -2.96. The van der Waals surface area contributed by atoms with Crippen molar-refractivity contribution in [2.75, 3.05) is 0 Å². The number of hydrogen-bond donors (Lipinski definition) is 0. The van der Waals surface area contributed by atoms with Crippen LogP contribution in [0.5, 0.6) is 0 Å². The van der Waals surface area contributed by atoms with Crippen LogP contribution in [0, 0.1) is 0 Å². The lowest BCUT2D eigenvalue weighted by molar-refractivity contribution is -0.139. The molecule has 19 heavy (non-hydrogen) atoms. The number of rotatable bonds is 1. The Morgan fingerprint density at radius 3 is 2.26 bits per heavy atom. The predicted molar refractivity (Wildman–Crippen MR) is 52.8 cm³/mol. The standard InChI is InChI=1S/C11H9F6NO/c12-10(13,14)8-6(9(19)11(15,16)17)5-18-4-2-1-3-7(8)18/h5H,1-4H2. The van der Waals surface area contributed by atoms with Gasteiger partial charge in [0.25, 0.3) is 5.78 Å². The van der Waals surface area contributed by atoms with E-state index in [1.807, 2.05) is 0 Å². The van der Waals surface area contributed by atoms with Crippen molar-refractivity contribution in [3.63, 3.8) is 0 Å². The SMILES string of the molecule is O=C(c1cn2c(c1C(F)(F)F)CCCC2)C(F)(F)F. The van der Waals surface area contributed by atoms with Crippen molar-refractivity contribution in [1.82, 2.24) is 4.57 Å². The maximum Gasteiger partial charge on any atom is 0.454 e. The predicted octanol–water partition coefficient (Wildman–Crippen LogP) is 3.59. The zero-order chi connectivity index (χ0) is 14.4. The van der Waals surface area contributed by atoms with E-state index >= 15 is 0 Å². The quantitative estimate of drug-likeness (QED) is 0.571. The van der Waals surface area contributed by atoms with Crippen molar-refractivity contribution >= 4 is 5.78 Å². The van der Waals surface area contributed by atoms with Gasteiger partial charge in [-0.05, 0) is 19.3 Å². The number of carbonyl (C=O) groups is 1. The lowest BCUT2D eigenvalue weighted by Gasteiger charge is -2.17. The Bertz CT molecular complexity index is 510. The van der Waals surface area contributed by atoms with E-state index in [-0.39, 0.29) is 18.7 Å². The minimum Gasteiger partial charge on any atom is -0.350 e. The molecule has 0 saturated carbocycles. The summed E-state index contributed by atoms with van der Waals surface area (Å²) >= 11 is 0. The first kappa shape index (κ1) is 14.0. The molecule has 0 aliphatic carbocycles. The number of alkyl halides is 6. The van der Waals surface area contributed by atoms with E-state index in [2.05, 4.69) is 0 Å². The molecule has 2 rings (SSSR count). The van der Waals surface area contributed by atoms with Gasteiger partial charge in [-0.15, -0.1) is 0 Å². The summed E-state index contributed by atoms with van der Waals surface area (Å²) in [4.78, 5) is 11.1. The van der Waals surface area contributed by atoms with E-state index in [0.717, 1.165) is 4.57 Å². The van der Waals surface area contributed by atoms with Gasteiger partial charge in [0.05, 0.1) is 11.1 Å². The molecule has 2 heterocycles. The minimum atomic E-state index is -5.31. The lowest BCUT2D eigenvalue weighted by Crippen LogP contribution is -2.25. The summed E-state index contributed by atoms with van der Waals surface area (Å²) in [7, 11) is 0. The van der Waals surface area contributed by atoms with Gasteiger partial charge < -0.3 is 4.57 Å². The normalized spacial score (nSPS) is 16.3. The molecule has 0 spiro atoms. The number of aromatic nitrogens is 1. The molecule has 0 N–H and O–H groups in total. The van der Waals surface area contributed by atoms with Gasteiger partial charge in [-0.2, -0.15) is 26.3 Å². The van der Waals surface area contributed by atoms with Gasteiger partial charge in [0.1, 0.15) is 0 Å². The molecular weight excluding hydrogens is 276 g/mol. The van der Waals surface area contributed by atoms with Gasteiger partial charge in [-0.3, -0.25) is 4.79 Å². The number of ketones is 1. The van der Waals surface area contributed by atoms with Gasteiger partial charge in [-0.25, -0.2) is 0 Å². The van der Waals surface area contributed by atoms with Gasteiger partial charge in [0.15, 0.2) is 0 Å². The summed E-state index contributed by atoms with van der Waals surface area (Å²) in [6, 6.07) is 0. The Kier molecular flexibility index (Phi) is 3.14. The molecule has 0 amide bonds. The van der Waals surface area contributed by atoms with Gasteiger partial charge in [-0.1, -0.05) is 0 Å². The molecule has 0 saturated heterocycles. The van der Waals surface area contributed by atoms with E-state index in [4.69, 9.17) is 0 Å². The molecule has 1 aliphatic heterocycles. The average Bonchev–Trinajstić information content (AvgIpc) is 2.64. The molecule has 0 bridgehead atoms. The second-order valence-electron chi connectivity index (χ2n) is 4.34. The number of aryl methyl sites for hydroxylation is 1. The fraction of sp³-hybridized carbons (Fsp3) is 0.545. The topological polar surface area (TPSA) is 22.0 Å². The van der Waals surface area contributed by atoms with Crippen molar-refractivity contribution in [3.8, 4) is 0 Å². The Balaban J connectivity index is 2.61. The third-order valence-corrected chi connectivity index (χ3v) is 3.04. The van der Waals surface area contributed by atoms with Crippen LogP contribution in [-0.4, -0.2) is 16.5 Å². The summed E-state index contributed by atoms with van der Waals surface area (Å²) in [5, 5.41) is 0. The fourth-order valence-electron chi connectivity index (χ4n) is 2.28. The maximum atomic E-state index is 12.9. The lowest BCUT2D eigenvalue weighted by atomic mass is 10.0. The van der Waals surface area contributed by atoms with Crippen LogP contribution in [0.1, 0.15) is 34.5 Å². The van der Waals surface area contributed by atoms with Crippen LogP contribution >= 0.6 is 0 Å². The van der Waals surface area contributed by atoms with Crippen molar-refractivity contribution in [2.24, 2.45) is 0 Å². The van der Waals surface area contributed by atoms with Crippen molar-refractivity contribution < 1.29 is 31.1 Å². The zero-order valence-corrected chi connectivity index (χ0v) is 9.53.